The Bertz CT molecular complexity index is 430. The first-order valence-electron chi connectivity index (χ1n) is 6.26. The highest BCUT2D eigenvalue weighted by atomic mass is 16.5. The summed E-state index contributed by atoms with van der Waals surface area (Å²) in [5, 5.41) is 4.10. The van der Waals surface area contributed by atoms with E-state index >= 15 is 0 Å². The molecule has 1 saturated heterocycles. The van der Waals surface area contributed by atoms with Crippen LogP contribution in [-0.2, 0) is 11.3 Å². The second kappa shape index (κ2) is 5.39. The molecule has 1 aliphatic heterocycles. The lowest BCUT2D eigenvalue weighted by atomic mass is 10.1. The van der Waals surface area contributed by atoms with Gasteiger partial charge in [-0.05, 0) is 13.3 Å². The molecule has 1 amide bonds. The third-order valence-electron chi connectivity index (χ3n) is 3.35. The van der Waals surface area contributed by atoms with E-state index in [1.54, 1.807) is 18.0 Å². The van der Waals surface area contributed by atoms with E-state index in [0.29, 0.717) is 30.5 Å². The fraction of sp³-hybridized carbons (Fsp3) is 0.667. The number of methoxy groups -OCH3 is 1. The van der Waals surface area contributed by atoms with Crippen molar-refractivity contribution in [2.75, 3.05) is 32.5 Å². The highest BCUT2D eigenvalue weighted by Gasteiger charge is 2.29. The molecule has 0 radical (unpaired) electrons. The summed E-state index contributed by atoms with van der Waals surface area (Å²) in [4.78, 5) is 14.2. The molecule has 0 bridgehead atoms. The van der Waals surface area contributed by atoms with Crippen LogP contribution in [0.25, 0.3) is 0 Å². The predicted molar refractivity (Wildman–Crippen MR) is 68.2 cm³/mol. The number of likely N-dealkylation sites (tertiary alicyclic amines) is 1. The van der Waals surface area contributed by atoms with Crippen molar-refractivity contribution < 1.29 is 9.53 Å². The normalized spacial score (nSPS) is 19.4. The van der Waals surface area contributed by atoms with Crippen LogP contribution in [0, 0.1) is 5.92 Å². The van der Waals surface area contributed by atoms with Gasteiger partial charge in [0, 0.05) is 32.7 Å². The maximum atomic E-state index is 12.4. The summed E-state index contributed by atoms with van der Waals surface area (Å²) in [6.07, 6.45) is 2.53. The maximum absolute atomic E-state index is 12.4. The van der Waals surface area contributed by atoms with Crippen molar-refractivity contribution in [2.24, 2.45) is 5.92 Å². The number of aryl methyl sites for hydroxylation is 1. The molecule has 1 aliphatic rings. The molecule has 1 fully saturated rings. The Morgan fingerprint density at radius 1 is 1.67 bits per heavy atom. The Balaban J connectivity index is 2.10. The van der Waals surface area contributed by atoms with Crippen LogP contribution in [0.1, 0.15) is 23.8 Å². The van der Waals surface area contributed by atoms with Gasteiger partial charge in [-0.1, -0.05) is 0 Å². The molecule has 6 nitrogen and oxygen atoms in total. The first-order valence-corrected chi connectivity index (χ1v) is 6.26. The van der Waals surface area contributed by atoms with Crippen LogP contribution in [0.2, 0.25) is 0 Å². The largest absolute Gasteiger partial charge is 0.396 e. The number of carbonyl (C=O) groups is 1. The molecule has 18 heavy (non-hydrogen) atoms. The number of nitrogen functional groups attached to an aromatic ring is 1. The predicted octanol–water partition coefficient (Wildman–Crippen LogP) is 0.594. The number of anilines is 1. The van der Waals surface area contributed by atoms with E-state index in [9.17, 15) is 4.79 Å². The van der Waals surface area contributed by atoms with Gasteiger partial charge in [-0.3, -0.25) is 9.48 Å². The van der Waals surface area contributed by atoms with E-state index in [2.05, 4.69) is 5.10 Å². The Kier molecular flexibility index (Phi) is 3.86. The molecule has 2 rings (SSSR count). The van der Waals surface area contributed by atoms with E-state index in [-0.39, 0.29) is 5.91 Å². The van der Waals surface area contributed by atoms with Gasteiger partial charge in [-0.25, -0.2) is 0 Å². The number of ether oxygens (including phenoxy) is 1. The molecule has 1 aromatic rings. The van der Waals surface area contributed by atoms with Gasteiger partial charge in [0.05, 0.1) is 18.5 Å². The monoisotopic (exact) mass is 252 g/mol. The Morgan fingerprint density at radius 3 is 3.11 bits per heavy atom. The van der Waals surface area contributed by atoms with Crippen molar-refractivity contribution in [3.05, 3.63) is 11.9 Å². The van der Waals surface area contributed by atoms with Crippen molar-refractivity contribution in [3.8, 4) is 0 Å². The third kappa shape index (κ3) is 2.33. The molecule has 0 aromatic carbocycles. The molecule has 1 unspecified atom stereocenters. The van der Waals surface area contributed by atoms with Crippen LogP contribution >= 0.6 is 0 Å². The molecule has 6 heteroatoms. The van der Waals surface area contributed by atoms with Gasteiger partial charge >= 0.3 is 0 Å². The van der Waals surface area contributed by atoms with Crippen LogP contribution in [-0.4, -0.2) is 47.4 Å². The number of hydrogen-bond acceptors (Lipinski definition) is 4. The van der Waals surface area contributed by atoms with Crippen molar-refractivity contribution in [1.82, 2.24) is 14.7 Å². The SMILES string of the molecule is CCn1ncc(N)c1C(=O)N1CCC(COC)C1. The molecule has 1 atom stereocenters. The zero-order chi connectivity index (χ0) is 13.1. The van der Waals surface area contributed by atoms with E-state index in [4.69, 9.17) is 10.5 Å². The van der Waals surface area contributed by atoms with Crippen molar-refractivity contribution >= 4 is 11.6 Å². The summed E-state index contributed by atoms with van der Waals surface area (Å²) >= 11 is 0. The second-order valence-corrected chi connectivity index (χ2v) is 4.63. The fourth-order valence-corrected chi connectivity index (χ4v) is 2.41. The highest BCUT2D eigenvalue weighted by molar-refractivity contribution is 5.97. The average molecular weight is 252 g/mol. The number of hydrogen-bond donors (Lipinski definition) is 1. The van der Waals surface area contributed by atoms with Crippen molar-refractivity contribution in [2.45, 2.75) is 19.9 Å². The molecule has 0 saturated carbocycles. The van der Waals surface area contributed by atoms with Crippen LogP contribution in [0.5, 0.6) is 0 Å². The van der Waals surface area contributed by atoms with Crippen molar-refractivity contribution in [3.63, 3.8) is 0 Å². The number of nitrogens with two attached hydrogens (primary N) is 1. The van der Waals surface area contributed by atoms with Gasteiger partial charge in [0.15, 0.2) is 0 Å². The van der Waals surface area contributed by atoms with Crippen LogP contribution < -0.4 is 5.73 Å². The number of carbonyl (C=O) groups excluding carboxylic acids is 1. The van der Waals surface area contributed by atoms with Gasteiger partial charge < -0.3 is 15.4 Å². The lowest BCUT2D eigenvalue weighted by Gasteiger charge is -2.17. The van der Waals surface area contributed by atoms with Crippen molar-refractivity contribution in [1.29, 1.82) is 0 Å². The van der Waals surface area contributed by atoms with Crippen LogP contribution in [0.3, 0.4) is 0 Å². The molecule has 2 heterocycles. The second-order valence-electron chi connectivity index (χ2n) is 4.63. The lowest BCUT2D eigenvalue weighted by Crippen LogP contribution is -2.31. The molecular weight excluding hydrogens is 232 g/mol. The Labute approximate surface area is 107 Å². The first-order chi connectivity index (χ1) is 8.67. The molecule has 0 aliphatic carbocycles. The van der Waals surface area contributed by atoms with Gasteiger partial charge in [-0.2, -0.15) is 5.10 Å². The van der Waals surface area contributed by atoms with Gasteiger partial charge in [0.2, 0.25) is 0 Å². The summed E-state index contributed by atoms with van der Waals surface area (Å²) in [7, 11) is 1.69. The number of aromatic nitrogens is 2. The molecule has 1 aromatic heterocycles. The van der Waals surface area contributed by atoms with E-state index < -0.39 is 0 Å². The number of nitrogens with zero attached hydrogens (tertiary/aromatic N) is 3. The van der Waals surface area contributed by atoms with E-state index in [0.717, 1.165) is 19.5 Å². The highest BCUT2D eigenvalue weighted by Crippen LogP contribution is 2.21. The van der Waals surface area contributed by atoms with Crippen LogP contribution in [0.15, 0.2) is 6.20 Å². The lowest BCUT2D eigenvalue weighted by molar-refractivity contribution is 0.0764. The third-order valence-corrected chi connectivity index (χ3v) is 3.35. The average Bonchev–Trinajstić information content (AvgIpc) is 2.95. The summed E-state index contributed by atoms with van der Waals surface area (Å²) in [6, 6.07) is 0. The molecule has 2 N–H and O–H groups in total. The topological polar surface area (TPSA) is 73.4 Å². The minimum atomic E-state index is -0.0227. The summed E-state index contributed by atoms with van der Waals surface area (Å²) in [5.41, 5.74) is 6.79. The van der Waals surface area contributed by atoms with Gasteiger partial charge in [-0.15, -0.1) is 0 Å². The number of amides is 1. The molecule has 100 valence electrons. The van der Waals surface area contributed by atoms with E-state index in [1.807, 2.05) is 11.8 Å². The maximum Gasteiger partial charge on any atom is 0.274 e. The Morgan fingerprint density at radius 2 is 2.44 bits per heavy atom. The number of rotatable bonds is 4. The minimum Gasteiger partial charge on any atom is -0.396 e. The zero-order valence-corrected chi connectivity index (χ0v) is 10.9. The smallest absolute Gasteiger partial charge is 0.274 e. The first kappa shape index (κ1) is 12.9. The quantitative estimate of drug-likeness (QED) is 0.851. The fourth-order valence-electron chi connectivity index (χ4n) is 2.41. The minimum absolute atomic E-state index is 0.0227. The summed E-state index contributed by atoms with van der Waals surface area (Å²) in [5.74, 6) is 0.406. The summed E-state index contributed by atoms with van der Waals surface area (Å²) < 4.78 is 6.79. The molecule has 0 spiro atoms. The van der Waals surface area contributed by atoms with Gasteiger partial charge in [0.25, 0.3) is 5.91 Å². The van der Waals surface area contributed by atoms with E-state index in [1.165, 1.54) is 0 Å². The van der Waals surface area contributed by atoms with Gasteiger partial charge in [0.1, 0.15) is 5.69 Å². The van der Waals surface area contributed by atoms with Crippen LogP contribution in [0.4, 0.5) is 5.69 Å². The Hall–Kier alpha value is -1.56. The molecular formula is C12H20N4O2. The zero-order valence-electron chi connectivity index (χ0n) is 10.9. The summed E-state index contributed by atoms with van der Waals surface area (Å²) in [6.45, 7) is 4.79. The standard InChI is InChI=1S/C12H20N4O2/c1-3-16-11(10(13)6-14-16)12(17)15-5-4-9(7-15)8-18-2/h6,9H,3-5,7-8,13H2,1-2H3.